The Morgan fingerprint density at radius 2 is 1.89 bits per heavy atom. The van der Waals surface area contributed by atoms with Crippen LogP contribution in [0.2, 0.25) is 0 Å². The van der Waals surface area contributed by atoms with Gasteiger partial charge in [-0.25, -0.2) is 4.68 Å². The zero-order valence-electron chi connectivity index (χ0n) is 16.4. The average molecular weight is 381 g/mol. The Hall–Kier alpha value is -2.67. The standard InChI is InChI=1S/C21H27N5O2/c1-20(2,19(28)13-3-4-15(22)16(23)9-13)26-18-14(12-25-26)10-21(11-17(18)27)5-7-24-8-6-21/h3-4,9,12,24H,5-8,10-11,22-23H2,1-2H3. The molecule has 7 heteroatoms. The molecule has 0 saturated carbocycles. The second-order valence-corrected chi connectivity index (χ2v) is 8.69. The van der Waals surface area contributed by atoms with Crippen LogP contribution in [0.3, 0.4) is 0 Å². The number of aromatic nitrogens is 2. The predicted molar refractivity (Wildman–Crippen MR) is 108 cm³/mol. The predicted octanol–water partition coefficient (Wildman–Crippen LogP) is 2.16. The first-order valence-electron chi connectivity index (χ1n) is 9.75. The summed E-state index contributed by atoms with van der Waals surface area (Å²) in [4.78, 5) is 26.4. The van der Waals surface area contributed by atoms with Crippen LogP contribution in [0.4, 0.5) is 11.4 Å². The molecule has 148 valence electrons. The van der Waals surface area contributed by atoms with Gasteiger partial charge in [0.15, 0.2) is 11.6 Å². The van der Waals surface area contributed by atoms with Crippen molar-refractivity contribution in [3.05, 3.63) is 41.2 Å². The molecule has 2 aliphatic rings. The van der Waals surface area contributed by atoms with Crippen LogP contribution in [0, 0.1) is 5.41 Å². The first kappa shape index (κ1) is 18.7. The third-order valence-corrected chi connectivity index (χ3v) is 6.31. The van der Waals surface area contributed by atoms with Crippen LogP contribution < -0.4 is 16.8 Å². The number of hydrogen-bond donors (Lipinski definition) is 3. The van der Waals surface area contributed by atoms with E-state index >= 15 is 0 Å². The molecule has 1 aromatic heterocycles. The van der Waals surface area contributed by atoms with E-state index in [0.29, 0.717) is 29.1 Å². The van der Waals surface area contributed by atoms with Crippen LogP contribution in [-0.2, 0) is 12.0 Å². The molecule has 1 saturated heterocycles. The molecule has 0 radical (unpaired) electrons. The highest BCUT2D eigenvalue weighted by atomic mass is 16.1. The number of benzene rings is 1. The average Bonchev–Trinajstić information content (AvgIpc) is 3.09. The van der Waals surface area contributed by atoms with Crippen molar-refractivity contribution >= 4 is 22.9 Å². The van der Waals surface area contributed by atoms with Crippen LogP contribution in [0.1, 0.15) is 59.5 Å². The number of Topliss-reactive ketones (excluding diaryl/α,β-unsaturated/α-hetero) is 2. The van der Waals surface area contributed by atoms with E-state index in [4.69, 9.17) is 11.5 Å². The number of carbonyl (C=O) groups excluding carboxylic acids is 2. The van der Waals surface area contributed by atoms with Crippen LogP contribution in [-0.4, -0.2) is 34.4 Å². The number of piperidine rings is 1. The van der Waals surface area contributed by atoms with E-state index in [1.165, 1.54) is 0 Å². The van der Waals surface area contributed by atoms with Gasteiger partial charge < -0.3 is 16.8 Å². The fraction of sp³-hybridized carbons (Fsp3) is 0.476. The molecule has 0 unspecified atom stereocenters. The Morgan fingerprint density at radius 1 is 1.18 bits per heavy atom. The summed E-state index contributed by atoms with van der Waals surface area (Å²) in [7, 11) is 0. The van der Waals surface area contributed by atoms with Crippen LogP contribution in [0.25, 0.3) is 0 Å². The van der Waals surface area contributed by atoms with Crippen LogP contribution in [0.5, 0.6) is 0 Å². The maximum absolute atomic E-state index is 13.2. The van der Waals surface area contributed by atoms with Gasteiger partial charge in [-0.3, -0.25) is 9.59 Å². The van der Waals surface area contributed by atoms with E-state index < -0.39 is 5.54 Å². The van der Waals surface area contributed by atoms with Crippen molar-refractivity contribution in [2.45, 2.75) is 45.1 Å². The highest BCUT2D eigenvalue weighted by Crippen LogP contribution is 2.43. The van der Waals surface area contributed by atoms with E-state index in [2.05, 4.69) is 10.4 Å². The molecular weight excluding hydrogens is 354 g/mol. The Balaban J connectivity index is 1.69. The SMILES string of the molecule is CC(C)(C(=O)c1ccc(N)c(N)c1)n1ncc2c1C(=O)CC1(CCNCC1)C2. The van der Waals surface area contributed by atoms with Gasteiger partial charge in [0, 0.05) is 17.5 Å². The summed E-state index contributed by atoms with van der Waals surface area (Å²) in [5, 5.41) is 7.86. The topological polar surface area (TPSA) is 116 Å². The quantitative estimate of drug-likeness (QED) is 0.554. The molecular formula is C21H27N5O2. The summed E-state index contributed by atoms with van der Waals surface area (Å²) < 4.78 is 1.60. The molecule has 0 amide bonds. The smallest absolute Gasteiger partial charge is 0.189 e. The number of fused-ring (bicyclic) bond motifs is 1. The van der Waals surface area contributed by atoms with Crippen molar-refractivity contribution in [1.82, 2.24) is 15.1 Å². The lowest BCUT2D eigenvalue weighted by molar-refractivity contribution is 0.0779. The van der Waals surface area contributed by atoms with E-state index in [1.807, 2.05) is 0 Å². The molecule has 0 bridgehead atoms. The number of anilines is 2. The van der Waals surface area contributed by atoms with E-state index in [-0.39, 0.29) is 17.0 Å². The van der Waals surface area contributed by atoms with Crippen molar-refractivity contribution < 1.29 is 9.59 Å². The monoisotopic (exact) mass is 381 g/mol. The van der Waals surface area contributed by atoms with Crippen molar-refractivity contribution in [3.8, 4) is 0 Å². The molecule has 1 aromatic carbocycles. The van der Waals surface area contributed by atoms with Gasteiger partial charge in [-0.1, -0.05) is 0 Å². The molecule has 2 aromatic rings. The molecule has 1 aliphatic heterocycles. The largest absolute Gasteiger partial charge is 0.397 e. The summed E-state index contributed by atoms with van der Waals surface area (Å²) in [5.41, 5.74) is 13.5. The molecule has 4 rings (SSSR count). The van der Waals surface area contributed by atoms with Gasteiger partial charge in [-0.2, -0.15) is 5.10 Å². The minimum atomic E-state index is -1.01. The van der Waals surface area contributed by atoms with Gasteiger partial charge in [0.2, 0.25) is 0 Å². The van der Waals surface area contributed by atoms with Crippen LogP contribution >= 0.6 is 0 Å². The van der Waals surface area contributed by atoms with E-state index in [0.717, 1.165) is 37.9 Å². The Labute approximate surface area is 164 Å². The number of rotatable bonds is 3. The van der Waals surface area contributed by atoms with Gasteiger partial charge in [-0.15, -0.1) is 0 Å². The molecule has 1 fully saturated rings. The van der Waals surface area contributed by atoms with Crippen molar-refractivity contribution in [2.24, 2.45) is 5.41 Å². The Morgan fingerprint density at radius 3 is 2.57 bits per heavy atom. The number of nitrogens with one attached hydrogen (secondary N) is 1. The van der Waals surface area contributed by atoms with Crippen molar-refractivity contribution in [1.29, 1.82) is 0 Å². The van der Waals surface area contributed by atoms with Gasteiger partial charge in [0.25, 0.3) is 0 Å². The van der Waals surface area contributed by atoms with Gasteiger partial charge >= 0.3 is 0 Å². The first-order valence-corrected chi connectivity index (χ1v) is 9.75. The lowest BCUT2D eigenvalue weighted by Gasteiger charge is -2.40. The molecule has 28 heavy (non-hydrogen) atoms. The molecule has 7 nitrogen and oxygen atoms in total. The maximum atomic E-state index is 13.2. The number of hydrogen-bond acceptors (Lipinski definition) is 6. The zero-order chi connectivity index (χ0) is 20.1. The maximum Gasteiger partial charge on any atom is 0.189 e. The molecule has 1 aliphatic carbocycles. The lowest BCUT2D eigenvalue weighted by atomic mass is 9.67. The summed E-state index contributed by atoms with van der Waals surface area (Å²) >= 11 is 0. The number of nitrogen functional groups attached to an aromatic ring is 2. The second-order valence-electron chi connectivity index (χ2n) is 8.69. The number of nitrogens with two attached hydrogens (primary N) is 2. The number of nitrogens with zero attached hydrogens (tertiary/aromatic N) is 2. The summed E-state index contributed by atoms with van der Waals surface area (Å²) in [6.45, 7) is 5.47. The van der Waals surface area contributed by atoms with Crippen LogP contribution in [0.15, 0.2) is 24.4 Å². The molecule has 2 heterocycles. The third-order valence-electron chi connectivity index (χ3n) is 6.31. The molecule has 1 spiro atoms. The fourth-order valence-corrected chi connectivity index (χ4v) is 4.60. The highest BCUT2D eigenvalue weighted by Gasteiger charge is 2.44. The van der Waals surface area contributed by atoms with E-state index in [9.17, 15) is 9.59 Å². The Kier molecular flexibility index (Phi) is 4.30. The lowest BCUT2D eigenvalue weighted by Crippen LogP contribution is -2.44. The van der Waals surface area contributed by atoms with Gasteiger partial charge in [0.1, 0.15) is 11.2 Å². The highest BCUT2D eigenvalue weighted by molar-refractivity contribution is 6.04. The van der Waals surface area contributed by atoms with Crippen molar-refractivity contribution in [2.75, 3.05) is 24.6 Å². The zero-order valence-corrected chi connectivity index (χ0v) is 16.4. The number of ketones is 2. The van der Waals surface area contributed by atoms with Gasteiger partial charge in [-0.05, 0) is 69.8 Å². The van der Waals surface area contributed by atoms with Gasteiger partial charge in [0.05, 0.1) is 17.6 Å². The summed E-state index contributed by atoms with van der Waals surface area (Å²) in [5.74, 6) is -0.0709. The second kappa shape index (κ2) is 6.44. The molecule has 0 atom stereocenters. The normalized spacial score (nSPS) is 18.9. The van der Waals surface area contributed by atoms with E-state index in [1.54, 1.807) is 42.9 Å². The fourth-order valence-electron chi connectivity index (χ4n) is 4.60. The summed E-state index contributed by atoms with van der Waals surface area (Å²) in [6, 6.07) is 4.88. The first-order chi connectivity index (χ1) is 13.2. The minimum Gasteiger partial charge on any atom is -0.397 e. The molecule has 5 N–H and O–H groups in total. The Bertz CT molecular complexity index is 954. The minimum absolute atomic E-state index is 0.0305. The summed E-state index contributed by atoms with van der Waals surface area (Å²) in [6.07, 6.45) is 5.12. The van der Waals surface area contributed by atoms with Crippen molar-refractivity contribution in [3.63, 3.8) is 0 Å². The number of carbonyl (C=O) groups is 2. The third kappa shape index (κ3) is 2.90.